The van der Waals surface area contributed by atoms with Gasteiger partial charge in [-0.15, -0.1) is 0 Å². The normalized spacial score (nSPS) is 14.0. The molecule has 130 valence electrons. The number of hydrogen-bond acceptors (Lipinski definition) is 5. The molecule has 3 aromatic rings. The van der Waals surface area contributed by atoms with Crippen molar-refractivity contribution in [3.8, 4) is 22.8 Å². The number of aromatic carboxylic acids is 1. The van der Waals surface area contributed by atoms with Crippen LogP contribution in [-0.4, -0.2) is 33.7 Å². The van der Waals surface area contributed by atoms with E-state index >= 15 is 0 Å². The molecular formula is C15H9F3N2O4S. The van der Waals surface area contributed by atoms with E-state index in [0.717, 1.165) is 4.40 Å². The van der Waals surface area contributed by atoms with E-state index < -0.39 is 22.7 Å². The molecule has 1 aliphatic heterocycles. The lowest BCUT2D eigenvalue weighted by atomic mass is 10.1. The van der Waals surface area contributed by atoms with Crippen molar-refractivity contribution in [2.45, 2.75) is 6.18 Å². The Balaban J connectivity index is 1.85. The Kier molecular flexibility index (Phi) is 3.39. The highest BCUT2D eigenvalue weighted by Crippen LogP contribution is 2.39. The van der Waals surface area contributed by atoms with Crippen LogP contribution in [0, 0.1) is 0 Å². The fourth-order valence-electron chi connectivity index (χ4n) is 2.60. The first-order chi connectivity index (χ1) is 11.8. The molecule has 4 rings (SSSR count). The first-order valence-corrected chi connectivity index (χ1v) is 7.88. The molecule has 0 atom stereocenters. The quantitative estimate of drug-likeness (QED) is 0.747. The number of benzene rings is 1. The van der Waals surface area contributed by atoms with Crippen LogP contribution < -0.4 is 9.47 Å². The number of fused-ring (bicyclic) bond motifs is 2. The van der Waals surface area contributed by atoms with E-state index in [2.05, 4.69) is 4.98 Å². The van der Waals surface area contributed by atoms with Crippen molar-refractivity contribution < 1.29 is 32.5 Å². The SMILES string of the molecule is O=C(O)c1sc2nc(-c3ccc4c(c3)OCCO4)cn2c1C(F)(F)F. The van der Waals surface area contributed by atoms with Crippen LogP contribution in [0.5, 0.6) is 11.5 Å². The van der Waals surface area contributed by atoms with Gasteiger partial charge in [0.15, 0.2) is 22.2 Å². The van der Waals surface area contributed by atoms with Gasteiger partial charge < -0.3 is 14.6 Å². The lowest BCUT2D eigenvalue weighted by molar-refractivity contribution is -0.142. The van der Waals surface area contributed by atoms with Crippen molar-refractivity contribution >= 4 is 22.3 Å². The van der Waals surface area contributed by atoms with Crippen LogP contribution >= 0.6 is 11.3 Å². The number of carbonyl (C=O) groups is 1. The summed E-state index contributed by atoms with van der Waals surface area (Å²) in [7, 11) is 0. The third-order valence-corrected chi connectivity index (χ3v) is 4.67. The van der Waals surface area contributed by atoms with Crippen molar-refractivity contribution in [2.75, 3.05) is 13.2 Å². The van der Waals surface area contributed by atoms with Crippen molar-refractivity contribution in [2.24, 2.45) is 0 Å². The third-order valence-electron chi connectivity index (χ3n) is 3.62. The van der Waals surface area contributed by atoms with E-state index in [0.29, 0.717) is 41.6 Å². The second-order valence-electron chi connectivity index (χ2n) is 5.22. The van der Waals surface area contributed by atoms with Gasteiger partial charge in [-0.3, -0.25) is 4.40 Å². The third kappa shape index (κ3) is 2.58. The van der Waals surface area contributed by atoms with Crippen LogP contribution in [0.4, 0.5) is 13.2 Å². The number of halogens is 3. The molecule has 0 saturated carbocycles. The molecule has 0 aliphatic carbocycles. The first-order valence-electron chi connectivity index (χ1n) is 7.07. The van der Waals surface area contributed by atoms with Crippen molar-refractivity contribution in [3.63, 3.8) is 0 Å². The van der Waals surface area contributed by atoms with Crippen LogP contribution in [0.25, 0.3) is 16.2 Å². The van der Waals surface area contributed by atoms with Crippen molar-refractivity contribution in [1.82, 2.24) is 9.38 Å². The van der Waals surface area contributed by atoms with Crippen molar-refractivity contribution in [3.05, 3.63) is 35.0 Å². The van der Waals surface area contributed by atoms with E-state index in [-0.39, 0.29) is 10.7 Å². The van der Waals surface area contributed by atoms with Gasteiger partial charge in [0, 0.05) is 11.8 Å². The molecule has 25 heavy (non-hydrogen) atoms. The number of rotatable bonds is 2. The number of hydrogen-bond donors (Lipinski definition) is 1. The number of aromatic nitrogens is 2. The summed E-state index contributed by atoms with van der Waals surface area (Å²) in [5.74, 6) is -0.591. The Morgan fingerprint density at radius 1 is 1.24 bits per heavy atom. The lowest BCUT2D eigenvalue weighted by Crippen LogP contribution is -2.15. The second kappa shape index (κ2) is 5.38. The molecule has 3 heterocycles. The number of ether oxygens (including phenoxy) is 2. The summed E-state index contributed by atoms with van der Waals surface area (Å²) in [5.41, 5.74) is -0.410. The summed E-state index contributed by atoms with van der Waals surface area (Å²) >= 11 is 0.480. The summed E-state index contributed by atoms with van der Waals surface area (Å²) in [6, 6.07) is 4.95. The number of thiazole rings is 1. The Morgan fingerprint density at radius 3 is 2.64 bits per heavy atom. The second-order valence-corrected chi connectivity index (χ2v) is 6.20. The number of carboxylic acid groups (broad SMARTS) is 1. The number of imidazole rings is 1. The molecule has 0 radical (unpaired) electrons. The van der Waals surface area contributed by atoms with Crippen LogP contribution in [-0.2, 0) is 6.18 Å². The van der Waals surface area contributed by atoms with Gasteiger partial charge in [0.2, 0.25) is 0 Å². The summed E-state index contributed by atoms with van der Waals surface area (Å²) in [4.78, 5) is 14.4. The van der Waals surface area contributed by atoms with Gasteiger partial charge in [-0.1, -0.05) is 11.3 Å². The molecule has 0 unspecified atom stereocenters. The van der Waals surface area contributed by atoms with E-state index in [1.165, 1.54) is 6.20 Å². The standard InChI is InChI=1S/C15H9F3N2O4S/c16-15(17,18)12-11(13(21)22)25-14-19-8(6-20(12)14)7-1-2-9-10(5-7)24-4-3-23-9/h1-2,5-6H,3-4H2,(H,21,22). The summed E-state index contributed by atoms with van der Waals surface area (Å²) in [5, 5.41) is 9.01. The zero-order valence-electron chi connectivity index (χ0n) is 12.3. The minimum Gasteiger partial charge on any atom is -0.486 e. The van der Waals surface area contributed by atoms with Gasteiger partial charge in [0.25, 0.3) is 0 Å². The predicted molar refractivity (Wildman–Crippen MR) is 81.5 cm³/mol. The van der Waals surface area contributed by atoms with Crippen LogP contribution in [0.1, 0.15) is 15.4 Å². The highest BCUT2D eigenvalue weighted by Gasteiger charge is 2.40. The maximum Gasteiger partial charge on any atom is 0.433 e. The maximum atomic E-state index is 13.3. The predicted octanol–water partition coefficient (Wildman–Crippen LogP) is 3.55. The van der Waals surface area contributed by atoms with E-state index in [4.69, 9.17) is 14.6 Å². The van der Waals surface area contributed by atoms with E-state index in [1.807, 2.05) is 0 Å². The largest absolute Gasteiger partial charge is 0.486 e. The van der Waals surface area contributed by atoms with Gasteiger partial charge in [-0.25, -0.2) is 9.78 Å². The van der Waals surface area contributed by atoms with Crippen LogP contribution in [0.3, 0.4) is 0 Å². The molecule has 0 amide bonds. The number of alkyl halides is 3. The highest BCUT2D eigenvalue weighted by molar-refractivity contribution is 7.19. The Labute approximate surface area is 142 Å². The molecular weight excluding hydrogens is 361 g/mol. The highest BCUT2D eigenvalue weighted by atomic mass is 32.1. The molecule has 1 aliphatic rings. The molecule has 0 bridgehead atoms. The van der Waals surface area contributed by atoms with Gasteiger partial charge in [0.05, 0.1) is 5.69 Å². The Hall–Kier alpha value is -2.75. The summed E-state index contributed by atoms with van der Waals surface area (Å²) in [6.45, 7) is 0.814. The molecule has 0 saturated heterocycles. The fourth-order valence-corrected chi connectivity index (χ4v) is 3.56. The van der Waals surface area contributed by atoms with Gasteiger partial charge >= 0.3 is 12.1 Å². The topological polar surface area (TPSA) is 73.1 Å². The molecule has 6 nitrogen and oxygen atoms in total. The summed E-state index contributed by atoms with van der Waals surface area (Å²) in [6.07, 6.45) is -3.64. The van der Waals surface area contributed by atoms with Crippen molar-refractivity contribution in [1.29, 1.82) is 0 Å². The molecule has 1 N–H and O–H groups in total. The average molecular weight is 370 g/mol. The first kappa shape index (κ1) is 15.8. The molecule has 2 aromatic heterocycles. The van der Waals surface area contributed by atoms with Crippen LogP contribution in [0.15, 0.2) is 24.4 Å². The fraction of sp³-hybridized carbons (Fsp3) is 0.200. The average Bonchev–Trinajstić information content (AvgIpc) is 3.11. The van der Waals surface area contributed by atoms with Gasteiger partial charge in [-0.2, -0.15) is 13.2 Å². The minimum atomic E-state index is -4.81. The van der Waals surface area contributed by atoms with Crippen LogP contribution in [0.2, 0.25) is 0 Å². The molecule has 10 heteroatoms. The molecule has 1 aromatic carbocycles. The Morgan fingerprint density at radius 2 is 1.96 bits per heavy atom. The van der Waals surface area contributed by atoms with Gasteiger partial charge in [-0.05, 0) is 18.2 Å². The maximum absolute atomic E-state index is 13.3. The molecule has 0 fully saturated rings. The molecule has 0 spiro atoms. The smallest absolute Gasteiger partial charge is 0.433 e. The zero-order valence-corrected chi connectivity index (χ0v) is 13.1. The lowest BCUT2D eigenvalue weighted by Gasteiger charge is -2.18. The van der Waals surface area contributed by atoms with E-state index in [9.17, 15) is 18.0 Å². The Bertz CT molecular complexity index is 993. The number of carboxylic acids is 1. The zero-order chi connectivity index (χ0) is 17.8. The monoisotopic (exact) mass is 370 g/mol. The summed E-state index contributed by atoms with van der Waals surface area (Å²) < 4.78 is 51.4. The van der Waals surface area contributed by atoms with Gasteiger partial charge in [0.1, 0.15) is 18.1 Å². The number of nitrogens with zero attached hydrogens (tertiary/aromatic N) is 2. The minimum absolute atomic E-state index is 0.0467. The van der Waals surface area contributed by atoms with E-state index in [1.54, 1.807) is 18.2 Å².